The van der Waals surface area contributed by atoms with E-state index in [1.165, 1.54) is 16.8 Å². The molecule has 3 aromatic rings. The number of aromatic amines is 1. The summed E-state index contributed by atoms with van der Waals surface area (Å²) in [5.41, 5.74) is 3.68. The third-order valence-corrected chi connectivity index (χ3v) is 6.57. The van der Waals surface area contributed by atoms with E-state index in [1.807, 2.05) is 29.4 Å². The Kier molecular flexibility index (Phi) is 6.47. The Bertz CT molecular complexity index is 858. The molecule has 0 radical (unpaired) electrons. The summed E-state index contributed by atoms with van der Waals surface area (Å²) in [6.45, 7) is 3.31. The number of aromatic nitrogens is 1. The van der Waals surface area contributed by atoms with Crippen molar-refractivity contribution in [2.75, 3.05) is 36.8 Å². The van der Waals surface area contributed by atoms with E-state index < -0.39 is 0 Å². The van der Waals surface area contributed by atoms with Crippen molar-refractivity contribution in [3.63, 3.8) is 0 Å². The average Bonchev–Trinajstić information content (AvgIpc) is 2.81. The topological polar surface area (TPSA) is 37.7 Å². The van der Waals surface area contributed by atoms with Crippen LogP contribution in [-0.2, 0) is 4.79 Å². The van der Waals surface area contributed by atoms with Gasteiger partial charge in [-0.2, -0.15) is 0 Å². The molecule has 0 saturated carbocycles. The fourth-order valence-corrected chi connectivity index (χ4v) is 4.88. The van der Waals surface area contributed by atoms with Crippen molar-refractivity contribution < 1.29 is 9.78 Å². The van der Waals surface area contributed by atoms with Crippen LogP contribution in [0.2, 0.25) is 0 Å². The molecular weight excluding hydrogens is 378 g/mol. The zero-order valence-electron chi connectivity index (χ0n) is 16.4. The van der Waals surface area contributed by atoms with E-state index >= 15 is 0 Å². The molecule has 0 aliphatic carbocycles. The van der Waals surface area contributed by atoms with E-state index in [9.17, 15) is 4.79 Å². The van der Waals surface area contributed by atoms with E-state index in [4.69, 9.17) is 0 Å². The zero-order chi connectivity index (χ0) is 19.9. The first-order valence-electron chi connectivity index (χ1n) is 10.0. The minimum atomic E-state index is 0.170. The lowest BCUT2D eigenvalue weighted by Crippen LogP contribution is -2.49. The van der Waals surface area contributed by atoms with Gasteiger partial charge in [-0.05, 0) is 11.1 Å². The number of rotatable bonds is 6. The molecule has 148 valence electrons. The maximum absolute atomic E-state index is 12.9. The summed E-state index contributed by atoms with van der Waals surface area (Å²) in [5.74, 6) is 0.724. The molecule has 0 spiro atoms. The monoisotopic (exact) mass is 404 g/mol. The summed E-state index contributed by atoms with van der Waals surface area (Å²) >= 11 is 1.72. The fraction of sp³-hybridized carbons (Fsp3) is 0.250. The second-order valence-electron chi connectivity index (χ2n) is 7.14. The standard InChI is InChI=1S/C24H25N3OS/c28-23(27-17-15-26(16-18-27)22-11-13-25-14-12-22)19-29-24(20-7-3-1-4-8-20)21-9-5-2-6-10-21/h1-14,24H,15-19H2/p+1. The maximum atomic E-state index is 12.9. The van der Waals surface area contributed by atoms with Crippen molar-refractivity contribution in [1.82, 2.24) is 4.90 Å². The Labute approximate surface area is 176 Å². The zero-order valence-corrected chi connectivity index (χ0v) is 17.2. The van der Waals surface area contributed by atoms with Crippen molar-refractivity contribution in [2.45, 2.75) is 5.25 Å². The number of nitrogens with one attached hydrogen (secondary N) is 1. The van der Waals surface area contributed by atoms with Crippen LogP contribution in [0.1, 0.15) is 16.4 Å². The number of benzene rings is 2. The van der Waals surface area contributed by atoms with Crippen molar-refractivity contribution in [3.8, 4) is 0 Å². The summed E-state index contributed by atoms with van der Waals surface area (Å²) < 4.78 is 0. The van der Waals surface area contributed by atoms with Gasteiger partial charge < -0.3 is 9.80 Å². The maximum Gasteiger partial charge on any atom is 0.232 e. The molecule has 0 atom stereocenters. The smallest absolute Gasteiger partial charge is 0.232 e. The fourth-order valence-electron chi connectivity index (χ4n) is 3.69. The molecule has 0 unspecified atom stereocenters. The third-order valence-electron chi connectivity index (χ3n) is 5.28. The number of carbonyl (C=O) groups is 1. The van der Waals surface area contributed by atoms with Gasteiger partial charge in [-0.1, -0.05) is 60.7 Å². The lowest BCUT2D eigenvalue weighted by Gasteiger charge is -2.36. The molecule has 1 aromatic heterocycles. The van der Waals surface area contributed by atoms with Gasteiger partial charge in [0.2, 0.25) is 5.91 Å². The largest absolute Gasteiger partial charge is 0.368 e. The van der Waals surface area contributed by atoms with Crippen LogP contribution in [0.5, 0.6) is 0 Å². The SMILES string of the molecule is O=C(CSC(c1ccccc1)c1ccccc1)N1CCN(c2cc[nH+]cc2)CC1. The van der Waals surface area contributed by atoms with Crippen LogP contribution in [0.25, 0.3) is 0 Å². The molecule has 4 nitrogen and oxygen atoms in total. The van der Waals surface area contributed by atoms with Gasteiger partial charge in [-0.15, -0.1) is 11.8 Å². The summed E-state index contributed by atoms with van der Waals surface area (Å²) in [7, 11) is 0. The molecule has 1 fully saturated rings. The number of hydrogen-bond donors (Lipinski definition) is 0. The Hall–Kier alpha value is -2.79. The van der Waals surface area contributed by atoms with Crippen molar-refractivity contribution in [2.24, 2.45) is 0 Å². The quantitative estimate of drug-likeness (QED) is 0.629. The second-order valence-corrected chi connectivity index (χ2v) is 8.23. The first-order chi connectivity index (χ1) is 14.3. The molecule has 1 N–H and O–H groups in total. The minimum Gasteiger partial charge on any atom is -0.368 e. The van der Waals surface area contributed by atoms with Gasteiger partial charge in [0, 0.05) is 44.0 Å². The molecule has 0 bridgehead atoms. The van der Waals surface area contributed by atoms with Gasteiger partial charge in [0.05, 0.1) is 11.0 Å². The number of amides is 1. The van der Waals surface area contributed by atoms with E-state index in [2.05, 4.69) is 70.5 Å². The number of hydrogen-bond acceptors (Lipinski definition) is 3. The predicted octanol–water partition coefficient (Wildman–Crippen LogP) is 3.67. The molecule has 5 heteroatoms. The molecule has 29 heavy (non-hydrogen) atoms. The lowest BCUT2D eigenvalue weighted by molar-refractivity contribution is -0.377. The highest BCUT2D eigenvalue weighted by Gasteiger charge is 2.23. The molecule has 2 aromatic carbocycles. The second kappa shape index (κ2) is 9.61. The highest BCUT2D eigenvalue weighted by molar-refractivity contribution is 8.00. The van der Waals surface area contributed by atoms with Crippen LogP contribution in [0.15, 0.2) is 85.2 Å². The van der Waals surface area contributed by atoms with Crippen LogP contribution >= 0.6 is 11.8 Å². The van der Waals surface area contributed by atoms with Crippen molar-refractivity contribution >= 4 is 23.4 Å². The van der Waals surface area contributed by atoms with Crippen molar-refractivity contribution in [3.05, 3.63) is 96.3 Å². The Balaban J connectivity index is 1.36. The number of carbonyl (C=O) groups excluding carboxylic acids is 1. The van der Waals surface area contributed by atoms with Gasteiger partial charge in [0.15, 0.2) is 12.4 Å². The van der Waals surface area contributed by atoms with E-state index in [0.717, 1.165) is 26.2 Å². The third kappa shape index (κ3) is 4.98. The molecule has 1 aliphatic rings. The molecule has 4 rings (SSSR count). The summed E-state index contributed by atoms with van der Waals surface area (Å²) in [4.78, 5) is 20.3. The van der Waals surface area contributed by atoms with Crippen LogP contribution in [0.4, 0.5) is 5.69 Å². The number of pyridine rings is 1. The van der Waals surface area contributed by atoms with Crippen LogP contribution in [0.3, 0.4) is 0 Å². The number of piperazine rings is 1. The number of anilines is 1. The van der Waals surface area contributed by atoms with Gasteiger partial charge in [-0.3, -0.25) is 4.79 Å². The predicted molar refractivity (Wildman–Crippen MR) is 119 cm³/mol. The van der Waals surface area contributed by atoms with Crippen LogP contribution < -0.4 is 9.88 Å². The Morgan fingerprint density at radius 1 is 0.828 bits per heavy atom. The van der Waals surface area contributed by atoms with E-state index in [-0.39, 0.29) is 11.2 Å². The van der Waals surface area contributed by atoms with Gasteiger partial charge >= 0.3 is 0 Å². The van der Waals surface area contributed by atoms with Gasteiger partial charge in [-0.25, -0.2) is 4.98 Å². The average molecular weight is 405 g/mol. The van der Waals surface area contributed by atoms with Gasteiger partial charge in [0.25, 0.3) is 0 Å². The molecule has 1 aliphatic heterocycles. The summed E-state index contributed by atoms with van der Waals surface area (Å²) in [6.07, 6.45) is 3.88. The number of H-pyrrole nitrogens is 1. The van der Waals surface area contributed by atoms with E-state index in [0.29, 0.717) is 5.75 Å². The van der Waals surface area contributed by atoms with E-state index in [1.54, 1.807) is 11.8 Å². The first kappa shape index (κ1) is 19.5. The van der Waals surface area contributed by atoms with Gasteiger partial charge in [0.1, 0.15) is 0 Å². The molecule has 1 saturated heterocycles. The van der Waals surface area contributed by atoms with Crippen LogP contribution in [0, 0.1) is 0 Å². The number of thioether (sulfide) groups is 1. The normalized spacial score (nSPS) is 14.2. The highest BCUT2D eigenvalue weighted by Crippen LogP contribution is 2.35. The molecule has 1 amide bonds. The Morgan fingerprint density at radius 2 is 1.38 bits per heavy atom. The minimum absolute atomic E-state index is 0.170. The lowest BCUT2D eigenvalue weighted by atomic mass is 10.0. The molecular formula is C24H26N3OS+. The van der Waals surface area contributed by atoms with Crippen LogP contribution in [-0.4, -0.2) is 42.7 Å². The number of nitrogens with zero attached hydrogens (tertiary/aromatic N) is 2. The summed E-state index contributed by atoms with van der Waals surface area (Å²) in [5, 5.41) is 0.170. The highest BCUT2D eigenvalue weighted by atomic mass is 32.2. The molecule has 2 heterocycles. The summed E-state index contributed by atoms with van der Waals surface area (Å²) in [6, 6.07) is 25.1. The first-order valence-corrected chi connectivity index (χ1v) is 11.1. The van der Waals surface area contributed by atoms with Crippen molar-refractivity contribution in [1.29, 1.82) is 0 Å². The Morgan fingerprint density at radius 3 is 1.93 bits per heavy atom.